The number of ether oxygens (including phenoxy) is 1. The standard InChI is InChI=1S/C13H9F3N4O/c14-13(15,16)8-2-1-3-9(6-8)21-12-11-18-4-5-20(11)7-10(17)19-12/h1-7H,17H2. The van der Waals surface area contributed by atoms with E-state index in [4.69, 9.17) is 10.5 Å². The van der Waals surface area contributed by atoms with Crippen LogP contribution in [-0.4, -0.2) is 14.4 Å². The van der Waals surface area contributed by atoms with Gasteiger partial charge in [0.05, 0.1) is 11.8 Å². The van der Waals surface area contributed by atoms with Crippen LogP contribution < -0.4 is 10.5 Å². The molecule has 0 aliphatic rings. The lowest BCUT2D eigenvalue weighted by Gasteiger charge is -2.10. The zero-order chi connectivity index (χ0) is 15.0. The second kappa shape index (κ2) is 4.65. The van der Waals surface area contributed by atoms with E-state index < -0.39 is 11.7 Å². The van der Waals surface area contributed by atoms with Crippen molar-refractivity contribution in [3.63, 3.8) is 0 Å². The molecule has 0 atom stereocenters. The average molecular weight is 294 g/mol. The maximum atomic E-state index is 12.7. The van der Waals surface area contributed by atoms with Gasteiger partial charge in [-0.15, -0.1) is 0 Å². The van der Waals surface area contributed by atoms with Crippen molar-refractivity contribution in [2.24, 2.45) is 0 Å². The van der Waals surface area contributed by atoms with Crippen molar-refractivity contribution in [3.05, 3.63) is 48.4 Å². The van der Waals surface area contributed by atoms with E-state index in [1.165, 1.54) is 24.5 Å². The van der Waals surface area contributed by atoms with Gasteiger partial charge < -0.3 is 10.5 Å². The first-order chi connectivity index (χ1) is 9.93. The molecule has 2 aromatic heterocycles. The molecule has 0 saturated heterocycles. The van der Waals surface area contributed by atoms with E-state index in [9.17, 15) is 13.2 Å². The minimum atomic E-state index is -4.44. The fraction of sp³-hybridized carbons (Fsp3) is 0.0769. The maximum absolute atomic E-state index is 12.7. The van der Waals surface area contributed by atoms with Crippen molar-refractivity contribution in [1.29, 1.82) is 0 Å². The molecule has 21 heavy (non-hydrogen) atoms. The fourth-order valence-electron chi connectivity index (χ4n) is 1.84. The lowest BCUT2D eigenvalue weighted by atomic mass is 10.2. The Morgan fingerprint density at radius 2 is 2.05 bits per heavy atom. The summed E-state index contributed by atoms with van der Waals surface area (Å²) in [5.41, 5.74) is 5.18. The fourth-order valence-corrected chi connectivity index (χ4v) is 1.84. The van der Waals surface area contributed by atoms with Crippen molar-refractivity contribution in [3.8, 4) is 11.6 Å². The molecule has 0 spiro atoms. The molecule has 1 aromatic carbocycles. The third kappa shape index (κ3) is 2.60. The van der Waals surface area contributed by atoms with Crippen LogP contribution in [0.2, 0.25) is 0 Å². The highest BCUT2D eigenvalue weighted by molar-refractivity contribution is 5.54. The van der Waals surface area contributed by atoms with E-state index in [-0.39, 0.29) is 17.4 Å². The number of benzene rings is 1. The number of hydrogen-bond acceptors (Lipinski definition) is 4. The third-order valence-corrected chi connectivity index (χ3v) is 2.74. The summed E-state index contributed by atoms with van der Waals surface area (Å²) in [6, 6.07) is 4.52. The summed E-state index contributed by atoms with van der Waals surface area (Å²) < 4.78 is 45.0. The van der Waals surface area contributed by atoms with Gasteiger partial charge in [0.2, 0.25) is 5.65 Å². The smallest absolute Gasteiger partial charge is 0.416 e. The van der Waals surface area contributed by atoms with E-state index in [1.807, 2.05) is 0 Å². The molecule has 108 valence electrons. The monoisotopic (exact) mass is 294 g/mol. The van der Waals surface area contributed by atoms with Crippen LogP contribution in [0.1, 0.15) is 5.56 Å². The van der Waals surface area contributed by atoms with E-state index in [0.717, 1.165) is 12.1 Å². The topological polar surface area (TPSA) is 65.4 Å². The zero-order valence-corrected chi connectivity index (χ0v) is 10.5. The molecule has 0 aliphatic carbocycles. The number of nitrogen functional groups attached to an aromatic ring is 1. The summed E-state index contributed by atoms with van der Waals surface area (Å²) in [4.78, 5) is 7.98. The van der Waals surface area contributed by atoms with Gasteiger partial charge in [0.25, 0.3) is 5.88 Å². The Balaban J connectivity index is 2.01. The first kappa shape index (κ1) is 13.2. The summed E-state index contributed by atoms with van der Waals surface area (Å²) in [7, 11) is 0. The molecule has 2 heterocycles. The van der Waals surface area contributed by atoms with Crippen LogP contribution in [0, 0.1) is 0 Å². The van der Waals surface area contributed by atoms with Crippen molar-refractivity contribution in [2.75, 3.05) is 5.73 Å². The van der Waals surface area contributed by atoms with Gasteiger partial charge in [-0.3, -0.25) is 4.40 Å². The Hall–Kier alpha value is -2.77. The summed E-state index contributed by atoms with van der Waals surface area (Å²) in [6.45, 7) is 0. The van der Waals surface area contributed by atoms with Crippen LogP contribution in [0.4, 0.5) is 19.0 Å². The highest BCUT2D eigenvalue weighted by atomic mass is 19.4. The van der Waals surface area contributed by atoms with Crippen molar-refractivity contribution >= 4 is 11.5 Å². The van der Waals surface area contributed by atoms with Crippen molar-refractivity contribution in [2.45, 2.75) is 6.18 Å². The first-order valence-corrected chi connectivity index (χ1v) is 5.88. The molecule has 5 nitrogen and oxygen atoms in total. The Labute approximate surface area is 116 Å². The van der Waals surface area contributed by atoms with Crippen LogP contribution in [0.3, 0.4) is 0 Å². The summed E-state index contributed by atoms with van der Waals surface area (Å²) >= 11 is 0. The molecule has 0 bridgehead atoms. The second-order valence-corrected chi connectivity index (χ2v) is 4.26. The largest absolute Gasteiger partial charge is 0.436 e. The molecule has 3 rings (SSSR count). The van der Waals surface area contributed by atoms with Crippen molar-refractivity contribution in [1.82, 2.24) is 14.4 Å². The van der Waals surface area contributed by atoms with E-state index in [1.54, 1.807) is 10.6 Å². The Morgan fingerprint density at radius 1 is 1.24 bits per heavy atom. The minimum absolute atomic E-state index is 0.00725. The molecule has 0 fully saturated rings. The quantitative estimate of drug-likeness (QED) is 0.788. The zero-order valence-electron chi connectivity index (χ0n) is 10.5. The van der Waals surface area contributed by atoms with Gasteiger partial charge in [0, 0.05) is 12.4 Å². The van der Waals surface area contributed by atoms with Gasteiger partial charge in [-0.1, -0.05) is 6.07 Å². The maximum Gasteiger partial charge on any atom is 0.416 e. The molecule has 2 N–H and O–H groups in total. The van der Waals surface area contributed by atoms with Crippen molar-refractivity contribution < 1.29 is 17.9 Å². The molecule has 0 unspecified atom stereocenters. The number of halogens is 3. The van der Waals surface area contributed by atoms with Gasteiger partial charge in [-0.25, -0.2) is 4.98 Å². The Kier molecular flexibility index (Phi) is 2.93. The molecule has 3 aromatic rings. The number of hydrogen-bond donors (Lipinski definition) is 1. The van der Waals surface area contributed by atoms with Crippen LogP contribution >= 0.6 is 0 Å². The Bertz CT molecular complexity index is 797. The Morgan fingerprint density at radius 3 is 2.81 bits per heavy atom. The number of nitrogens with two attached hydrogens (primary N) is 1. The molecular formula is C13H9F3N4O. The van der Waals surface area contributed by atoms with E-state index in [0.29, 0.717) is 5.65 Å². The van der Waals surface area contributed by atoms with Gasteiger partial charge in [-0.05, 0) is 18.2 Å². The average Bonchev–Trinajstić information content (AvgIpc) is 2.86. The number of fused-ring (bicyclic) bond motifs is 1. The van der Waals surface area contributed by atoms with Crippen LogP contribution in [0.5, 0.6) is 11.6 Å². The van der Waals surface area contributed by atoms with E-state index >= 15 is 0 Å². The van der Waals surface area contributed by atoms with Gasteiger partial charge >= 0.3 is 6.18 Å². The number of aromatic nitrogens is 3. The van der Waals surface area contributed by atoms with E-state index in [2.05, 4.69) is 9.97 Å². The highest BCUT2D eigenvalue weighted by Gasteiger charge is 2.30. The number of nitrogens with zero attached hydrogens (tertiary/aromatic N) is 3. The van der Waals surface area contributed by atoms with Crippen LogP contribution in [0.15, 0.2) is 42.9 Å². The lowest BCUT2D eigenvalue weighted by molar-refractivity contribution is -0.137. The SMILES string of the molecule is Nc1cn2ccnc2c(Oc2cccc(C(F)(F)F)c2)n1. The molecule has 0 aliphatic heterocycles. The number of rotatable bonds is 2. The highest BCUT2D eigenvalue weighted by Crippen LogP contribution is 2.33. The molecule has 8 heteroatoms. The molecule has 0 amide bonds. The number of alkyl halides is 3. The van der Waals surface area contributed by atoms with Crippen LogP contribution in [-0.2, 0) is 6.18 Å². The second-order valence-electron chi connectivity index (χ2n) is 4.26. The lowest BCUT2D eigenvalue weighted by Crippen LogP contribution is -2.05. The molecule has 0 saturated carbocycles. The minimum Gasteiger partial charge on any atom is -0.436 e. The summed E-state index contributed by atoms with van der Waals surface area (Å²) in [5.74, 6) is 0.217. The third-order valence-electron chi connectivity index (χ3n) is 2.74. The predicted octanol–water partition coefficient (Wildman–Crippen LogP) is 3.12. The number of anilines is 1. The summed E-state index contributed by atoms with van der Waals surface area (Å²) in [6.07, 6.45) is 0.230. The van der Waals surface area contributed by atoms with Gasteiger partial charge in [0.1, 0.15) is 11.6 Å². The number of imidazole rings is 1. The molecule has 0 radical (unpaired) electrons. The summed E-state index contributed by atoms with van der Waals surface area (Å²) in [5, 5.41) is 0. The predicted molar refractivity (Wildman–Crippen MR) is 68.9 cm³/mol. The normalized spacial score (nSPS) is 11.8. The first-order valence-electron chi connectivity index (χ1n) is 5.88. The molecular weight excluding hydrogens is 285 g/mol. The van der Waals surface area contributed by atoms with Gasteiger partial charge in [0.15, 0.2) is 0 Å². The van der Waals surface area contributed by atoms with Crippen LogP contribution in [0.25, 0.3) is 5.65 Å². The van der Waals surface area contributed by atoms with Gasteiger partial charge in [-0.2, -0.15) is 18.2 Å².